The van der Waals surface area contributed by atoms with Crippen molar-refractivity contribution in [3.8, 4) is 55.9 Å². The highest BCUT2D eigenvalue weighted by Gasteiger charge is 2.24. The lowest BCUT2D eigenvalue weighted by atomic mass is 10.0. The van der Waals surface area contributed by atoms with Gasteiger partial charge in [0.1, 0.15) is 0 Å². The van der Waals surface area contributed by atoms with Crippen LogP contribution < -0.4 is 0 Å². The van der Waals surface area contributed by atoms with Crippen molar-refractivity contribution in [3.05, 3.63) is 199 Å². The zero-order valence-corrected chi connectivity index (χ0v) is 30.2. The topological polar surface area (TPSA) is 14.2 Å². The Kier molecular flexibility index (Phi) is 6.41. The molecule has 3 heteroatoms. The number of nitrogens with zero attached hydrogens (tertiary/aromatic N) is 3. The highest BCUT2D eigenvalue weighted by Crippen LogP contribution is 2.49. The van der Waals surface area contributed by atoms with E-state index in [2.05, 4.69) is 184 Å². The summed E-state index contributed by atoms with van der Waals surface area (Å²) in [7, 11) is 0. The zero-order chi connectivity index (χ0) is 36.9. The van der Waals surface area contributed by atoms with Crippen molar-refractivity contribution < 1.29 is 0 Å². The fourth-order valence-corrected chi connectivity index (χ4v) is 9.41. The first-order valence-corrected chi connectivity index (χ1v) is 19.0. The van der Waals surface area contributed by atoms with Gasteiger partial charge in [-0.05, 0) is 104 Å². The minimum Gasteiger partial charge on any atom is -0.309 e. The Morgan fingerprint density at radius 2 is 0.911 bits per heavy atom. The first kappa shape index (κ1) is 30.8. The molecule has 0 saturated carbocycles. The molecule has 0 amide bonds. The number of hydrogen-bond donors (Lipinski definition) is 0. The predicted molar refractivity (Wildman–Crippen MR) is 234 cm³/mol. The summed E-state index contributed by atoms with van der Waals surface area (Å²) in [6, 6.07) is 68.1. The summed E-state index contributed by atoms with van der Waals surface area (Å²) in [6.45, 7) is 7.52. The van der Waals surface area contributed by atoms with Crippen LogP contribution in [0.25, 0.3) is 115 Å². The van der Waals surface area contributed by atoms with E-state index in [1.54, 1.807) is 0 Å². The van der Waals surface area contributed by atoms with Crippen LogP contribution in [-0.4, -0.2) is 9.13 Å². The van der Waals surface area contributed by atoms with Crippen LogP contribution in [0.3, 0.4) is 0 Å². The Morgan fingerprint density at radius 1 is 0.339 bits per heavy atom. The molecule has 12 rings (SSSR count). The molecule has 0 spiro atoms. The second kappa shape index (κ2) is 11.7. The third-order valence-electron chi connectivity index (χ3n) is 11.9. The first-order valence-electron chi connectivity index (χ1n) is 19.0. The van der Waals surface area contributed by atoms with Crippen LogP contribution in [0.4, 0.5) is 5.69 Å². The Labute approximate surface area is 323 Å². The lowest BCUT2D eigenvalue weighted by molar-refractivity contribution is 1.18. The lowest BCUT2D eigenvalue weighted by Gasteiger charge is -2.14. The molecule has 0 radical (unpaired) electrons. The molecule has 0 unspecified atom stereocenters. The first-order chi connectivity index (χ1) is 27.7. The lowest BCUT2D eigenvalue weighted by Crippen LogP contribution is -1.96. The summed E-state index contributed by atoms with van der Waals surface area (Å²) >= 11 is 0. The van der Waals surface area contributed by atoms with Crippen molar-refractivity contribution in [2.75, 3.05) is 0 Å². The van der Waals surface area contributed by atoms with Gasteiger partial charge in [-0.3, -0.25) is 0 Å². The Hall–Kier alpha value is -7.67. The van der Waals surface area contributed by atoms with E-state index < -0.39 is 0 Å². The standard InChI is InChI=1S/C53H31N3/c1-54-37-13-8-11-33(29-37)34-12-9-14-38(30-34)55-48-21-6-5-18-42(48)47-31-35(24-27-51(47)55)36-23-25-43-41-17-4-7-22-49(41)56(52(43)32-36)50-28-26-45-40-16-3-2-15-39(40)44-19-10-20-46(50)53(44)45/h2-32H. The highest BCUT2D eigenvalue weighted by molar-refractivity contribution is 6.19. The molecule has 0 bridgehead atoms. The molecule has 258 valence electrons. The monoisotopic (exact) mass is 709 g/mol. The Balaban J connectivity index is 1.04. The van der Waals surface area contributed by atoms with Crippen molar-refractivity contribution in [1.29, 1.82) is 0 Å². The molecule has 0 aliphatic heterocycles. The molecule has 11 aromatic rings. The second-order valence-corrected chi connectivity index (χ2v) is 14.8. The van der Waals surface area contributed by atoms with Gasteiger partial charge in [0.2, 0.25) is 0 Å². The summed E-state index contributed by atoms with van der Waals surface area (Å²) in [4.78, 5) is 3.66. The van der Waals surface area contributed by atoms with Crippen molar-refractivity contribution in [2.45, 2.75) is 0 Å². The number of benzene rings is 9. The minimum absolute atomic E-state index is 0.645. The van der Waals surface area contributed by atoms with Crippen molar-refractivity contribution >= 4 is 60.1 Å². The number of fused-ring (bicyclic) bond motifs is 9. The average molecular weight is 710 g/mol. The van der Waals surface area contributed by atoms with Gasteiger partial charge in [0.05, 0.1) is 34.3 Å². The summed E-state index contributed by atoms with van der Waals surface area (Å²) in [5.74, 6) is 0. The molecule has 3 nitrogen and oxygen atoms in total. The maximum absolute atomic E-state index is 7.52. The van der Waals surface area contributed by atoms with Gasteiger partial charge in [0.25, 0.3) is 0 Å². The predicted octanol–water partition coefficient (Wildman–Crippen LogP) is 14.6. The fraction of sp³-hybridized carbons (Fsp3) is 0. The molecule has 2 aromatic heterocycles. The van der Waals surface area contributed by atoms with Gasteiger partial charge in [-0.2, -0.15) is 0 Å². The van der Waals surface area contributed by atoms with Gasteiger partial charge in [-0.15, -0.1) is 0 Å². The molecular weight excluding hydrogens is 679 g/mol. The number of aromatic nitrogens is 2. The van der Waals surface area contributed by atoms with Gasteiger partial charge in [0.15, 0.2) is 5.69 Å². The molecule has 2 heterocycles. The van der Waals surface area contributed by atoms with Crippen molar-refractivity contribution in [3.63, 3.8) is 0 Å². The van der Waals surface area contributed by atoms with E-state index in [0.717, 1.165) is 27.8 Å². The van der Waals surface area contributed by atoms with Gasteiger partial charge < -0.3 is 9.13 Å². The highest BCUT2D eigenvalue weighted by atomic mass is 15.0. The van der Waals surface area contributed by atoms with Crippen LogP contribution in [0.1, 0.15) is 0 Å². The maximum atomic E-state index is 7.52. The normalized spacial score (nSPS) is 11.9. The van der Waals surface area contributed by atoms with Crippen molar-refractivity contribution in [1.82, 2.24) is 9.13 Å². The SMILES string of the molecule is [C-]#[N+]c1cccc(-c2cccc(-n3c4ccccc4c4cc(-c5ccc6c7ccccc7n(-c7ccc8c9c(cccc79)-c7ccccc7-8)c6c5)ccc43)c2)c1. The fourth-order valence-electron chi connectivity index (χ4n) is 9.41. The van der Waals surface area contributed by atoms with E-state index in [1.807, 2.05) is 18.2 Å². The minimum atomic E-state index is 0.645. The van der Waals surface area contributed by atoms with E-state index in [0.29, 0.717) is 5.69 Å². The van der Waals surface area contributed by atoms with Crippen molar-refractivity contribution in [2.24, 2.45) is 0 Å². The molecule has 0 saturated heterocycles. The largest absolute Gasteiger partial charge is 0.309 e. The average Bonchev–Trinajstić information content (AvgIpc) is 3.90. The van der Waals surface area contributed by atoms with Gasteiger partial charge in [-0.1, -0.05) is 133 Å². The molecule has 1 aliphatic rings. The van der Waals surface area contributed by atoms with Crippen LogP contribution >= 0.6 is 0 Å². The van der Waals surface area contributed by atoms with Crippen LogP contribution in [0, 0.1) is 6.57 Å². The second-order valence-electron chi connectivity index (χ2n) is 14.8. The number of hydrogen-bond acceptors (Lipinski definition) is 0. The van der Waals surface area contributed by atoms with E-state index >= 15 is 0 Å². The quantitative estimate of drug-likeness (QED) is 0.162. The maximum Gasteiger partial charge on any atom is 0.187 e. The zero-order valence-electron chi connectivity index (χ0n) is 30.2. The molecular formula is C53H31N3. The van der Waals surface area contributed by atoms with E-state index in [1.165, 1.54) is 82.4 Å². The molecule has 1 aliphatic carbocycles. The molecule has 56 heavy (non-hydrogen) atoms. The summed E-state index contributed by atoms with van der Waals surface area (Å²) in [5, 5.41) is 7.52. The van der Waals surface area contributed by atoms with Gasteiger partial charge >= 0.3 is 0 Å². The number of rotatable bonds is 4. The summed E-state index contributed by atoms with van der Waals surface area (Å²) < 4.78 is 4.84. The Bertz CT molecular complexity index is 3470. The molecule has 9 aromatic carbocycles. The number of para-hydroxylation sites is 2. The molecule has 0 atom stereocenters. The van der Waals surface area contributed by atoms with Crippen LogP contribution in [0.15, 0.2) is 188 Å². The smallest absolute Gasteiger partial charge is 0.187 e. The van der Waals surface area contributed by atoms with Crippen LogP contribution in [-0.2, 0) is 0 Å². The van der Waals surface area contributed by atoms with Gasteiger partial charge in [-0.25, -0.2) is 4.85 Å². The summed E-state index contributed by atoms with van der Waals surface area (Å²) in [5.41, 5.74) is 17.4. The van der Waals surface area contributed by atoms with Crippen LogP contribution in [0.2, 0.25) is 0 Å². The van der Waals surface area contributed by atoms with Crippen LogP contribution in [0.5, 0.6) is 0 Å². The van der Waals surface area contributed by atoms with E-state index in [4.69, 9.17) is 6.57 Å². The van der Waals surface area contributed by atoms with E-state index in [9.17, 15) is 0 Å². The van der Waals surface area contributed by atoms with E-state index in [-0.39, 0.29) is 0 Å². The summed E-state index contributed by atoms with van der Waals surface area (Å²) in [6.07, 6.45) is 0. The third-order valence-corrected chi connectivity index (χ3v) is 11.9. The molecule has 0 fully saturated rings. The Morgan fingerprint density at radius 3 is 1.73 bits per heavy atom. The third kappa shape index (κ3) is 4.33. The van der Waals surface area contributed by atoms with Gasteiger partial charge in [0, 0.05) is 32.6 Å². The molecule has 0 N–H and O–H groups in total.